The van der Waals surface area contributed by atoms with Crippen molar-refractivity contribution in [1.82, 2.24) is 4.98 Å². The molecule has 0 fully saturated rings. The molecule has 0 saturated heterocycles. The monoisotopic (exact) mass is 274 g/mol. The third-order valence-electron chi connectivity index (χ3n) is 2.92. The number of carbonyl (C=O) groups excluding carboxylic acids is 1. The van der Waals surface area contributed by atoms with Crippen LogP contribution in [0.2, 0.25) is 5.15 Å². The Labute approximate surface area is 117 Å². The fourth-order valence-corrected chi connectivity index (χ4v) is 1.98. The van der Waals surface area contributed by atoms with Gasteiger partial charge in [0.25, 0.3) is 5.91 Å². The van der Waals surface area contributed by atoms with Crippen LogP contribution in [0, 0.1) is 6.92 Å². The van der Waals surface area contributed by atoms with Crippen LogP contribution in [0.1, 0.15) is 28.4 Å². The van der Waals surface area contributed by atoms with E-state index in [2.05, 4.69) is 10.3 Å². The molecule has 0 saturated carbocycles. The summed E-state index contributed by atoms with van der Waals surface area (Å²) < 4.78 is 0. The average Bonchev–Trinajstić information content (AvgIpc) is 2.43. The Morgan fingerprint density at radius 2 is 2.11 bits per heavy atom. The number of aromatic nitrogens is 1. The number of amides is 1. The van der Waals surface area contributed by atoms with E-state index >= 15 is 0 Å². The molecule has 1 aromatic carbocycles. The van der Waals surface area contributed by atoms with Gasteiger partial charge in [-0.1, -0.05) is 36.7 Å². The Hall–Kier alpha value is -1.87. The maximum absolute atomic E-state index is 12.2. The van der Waals surface area contributed by atoms with Crippen molar-refractivity contribution in [2.24, 2.45) is 0 Å². The maximum atomic E-state index is 12.2. The van der Waals surface area contributed by atoms with Crippen molar-refractivity contribution in [3.05, 3.63) is 58.4 Å². The number of hydrogen-bond donors (Lipinski definition) is 1. The molecule has 19 heavy (non-hydrogen) atoms. The van der Waals surface area contributed by atoms with Gasteiger partial charge in [0.15, 0.2) is 0 Å². The van der Waals surface area contributed by atoms with E-state index in [1.54, 1.807) is 6.20 Å². The summed E-state index contributed by atoms with van der Waals surface area (Å²) in [5.41, 5.74) is 3.21. The van der Waals surface area contributed by atoms with E-state index in [1.165, 1.54) is 0 Å². The number of benzene rings is 1. The van der Waals surface area contributed by atoms with Crippen LogP contribution in [0.5, 0.6) is 0 Å². The van der Waals surface area contributed by atoms with Gasteiger partial charge in [-0.15, -0.1) is 0 Å². The number of aryl methyl sites for hydroxylation is 2. The number of pyridine rings is 1. The molecule has 2 rings (SSSR count). The SMILES string of the molecule is CCc1ccccc1C(=O)Nc1cnc(Cl)c(C)c1. The number of nitrogens with zero attached hydrogens (tertiary/aromatic N) is 1. The van der Waals surface area contributed by atoms with Crippen molar-refractivity contribution >= 4 is 23.2 Å². The molecule has 4 heteroatoms. The van der Waals surface area contributed by atoms with Gasteiger partial charge in [-0.3, -0.25) is 4.79 Å². The summed E-state index contributed by atoms with van der Waals surface area (Å²) in [4.78, 5) is 16.2. The molecule has 0 radical (unpaired) electrons. The lowest BCUT2D eigenvalue weighted by Crippen LogP contribution is -2.14. The van der Waals surface area contributed by atoms with E-state index < -0.39 is 0 Å². The van der Waals surface area contributed by atoms with Crippen LogP contribution in [0.25, 0.3) is 0 Å². The molecule has 1 heterocycles. The smallest absolute Gasteiger partial charge is 0.255 e. The molecule has 1 aromatic heterocycles. The predicted molar refractivity (Wildman–Crippen MR) is 77.8 cm³/mol. The van der Waals surface area contributed by atoms with E-state index in [-0.39, 0.29) is 5.91 Å². The van der Waals surface area contributed by atoms with Gasteiger partial charge in [-0.25, -0.2) is 4.98 Å². The molecular weight excluding hydrogens is 260 g/mol. The van der Waals surface area contributed by atoms with Gasteiger partial charge >= 0.3 is 0 Å². The Balaban J connectivity index is 2.23. The largest absolute Gasteiger partial charge is 0.321 e. The lowest BCUT2D eigenvalue weighted by molar-refractivity contribution is 0.102. The van der Waals surface area contributed by atoms with Crippen LogP contribution in [0.4, 0.5) is 5.69 Å². The average molecular weight is 275 g/mol. The van der Waals surface area contributed by atoms with Crippen LogP contribution in [-0.4, -0.2) is 10.9 Å². The Kier molecular flexibility index (Phi) is 4.17. The maximum Gasteiger partial charge on any atom is 0.255 e. The first-order chi connectivity index (χ1) is 9.11. The van der Waals surface area contributed by atoms with E-state index in [9.17, 15) is 4.79 Å². The molecule has 3 nitrogen and oxygen atoms in total. The summed E-state index contributed by atoms with van der Waals surface area (Å²) in [7, 11) is 0. The second-order valence-electron chi connectivity index (χ2n) is 4.30. The molecule has 0 aliphatic heterocycles. The lowest BCUT2D eigenvalue weighted by atomic mass is 10.0. The molecule has 0 aliphatic carbocycles. The van der Waals surface area contributed by atoms with Gasteiger partial charge < -0.3 is 5.32 Å². The van der Waals surface area contributed by atoms with Crippen molar-refractivity contribution in [3.63, 3.8) is 0 Å². The minimum Gasteiger partial charge on any atom is -0.321 e. The van der Waals surface area contributed by atoms with Gasteiger partial charge in [0, 0.05) is 5.56 Å². The molecule has 0 bridgehead atoms. The normalized spacial score (nSPS) is 10.3. The molecular formula is C15H15ClN2O. The standard InChI is InChI=1S/C15H15ClN2O/c1-3-11-6-4-5-7-13(11)15(19)18-12-8-10(2)14(16)17-9-12/h4-9H,3H2,1-2H3,(H,18,19). The van der Waals surface area contributed by atoms with Crippen molar-refractivity contribution in [2.45, 2.75) is 20.3 Å². The summed E-state index contributed by atoms with van der Waals surface area (Å²) in [6, 6.07) is 9.38. The highest BCUT2D eigenvalue weighted by Crippen LogP contribution is 2.18. The van der Waals surface area contributed by atoms with Gasteiger partial charge in [0.2, 0.25) is 0 Å². The molecule has 2 aromatic rings. The number of halogens is 1. The third kappa shape index (κ3) is 3.12. The zero-order valence-corrected chi connectivity index (χ0v) is 11.7. The molecule has 0 atom stereocenters. The third-order valence-corrected chi connectivity index (χ3v) is 3.31. The Bertz CT molecular complexity index is 611. The first-order valence-corrected chi connectivity index (χ1v) is 6.51. The van der Waals surface area contributed by atoms with E-state index in [0.29, 0.717) is 16.4 Å². The van der Waals surface area contributed by atoms with Gasteiger partial charge in [-0.2, -0.15) is 0 Å². The molecule has 1 amide bonds. The quantitative estimate of drug-likeness (QED) is 0.864. The number of rotatable bonds is 3. The van der Waals surface area contributed by atoms with Crippen molar-refractivity contribution in [2.75, 3.05) is 5.32 Å². The van der Waals surface area contributed by atoms with Gasteiger partial charge in [0.1, 0.15) is 5.15 Å². The summed E-state index contributed by atoms with van der Waals surface area (Å²) >= 11 is 5.86. The first-order valence-electron chi connectivity index (χ1n) is 6.13. The van der Waals surface area contributed by atoms with Crippen LogP contribution < -0.4 is 5.32 Å². The predicted octanol–water partition coefficient (Wildman–Crippen LogP) is 3.86. The van der Waals surface area contributed by atoms with E-state index in [0.717, 1.165) is 17.5 Å². The minimum absolute atomic E-state index is 0.124. The lowest BCUT2D eigenvalue weighted by Gasteiger charge is -2.09. The minimum atomic E-state index is -0.124. The first kappa shape index (κ1) is 13.6. The molecule has 0 aliphatic rings. The van der Waals surface area contributed by atoms with E-state index in [4.69, 9.17) is 11.6 Å². The summed E-state index contributed by atoms with van der Waals surface area (Å²) in [6.07, 6.45) is 2.38. The number of hydrogen-bond acceptors (Lipinski definition) is 2. The van der Waals surface area contributed by atoms with Gasteiger partial charge in [-0.05, 0) is 36.6 Å². The Morgan fingerprint density at radius 3 is 2.79 bits per heavy atom. The highest BCUT2D eigenvalue weighted by atomic mass is 35.5. The summed E-state index contributed by atoms with van der Waals surface area (Å²) in [6.45, 7) is 3.88. The number of anilines is 1. The second-order valence-corrected chi connectivity index (χ2v) is 4.65. The van der Waals surface area contributed by atoms with Crippen molar-refractivity contribution in [3.8, 4) is 0 Å². The van der Waals surface area contributed by atoms with Crippen LogP contribution >= 0.6 is 11.6 Å². The molecule has 0 unspecified atom stereocenters. The van der Waals surface area contributed by atoms with Crippen LogP contribution in [0.3, 0.4) is 0 Å². The summed E-state index contributed by atoms with van der Waals surface area (Å²) in [5, 5.41) is 3.29. The van der Waals surface area contributed by atoms with Crippen molar-refractivity contribution < 1.29 is 4.79 Å². The molecule has 0 spiro atoms. The highest BCUT2D eigenvalue weighted by Gasteiger charge is 2.10. The van der Waals surface area contributed by atoms with Crippen LogP contribution in [0.15, 0.2) is 36.5 Å². The topological polar surface area (TPSA) is 42.0 Å². The van der Waals surface area contributed by atoms with Gasteiger partial charge in [0.05, 0.1) is 11.9 Å². The number of carbonyl (C=O) groups is 1. The molecule has 98 valence electrons. The fraction of sp³-hybridized carbons (Fsp3) is 0.200. The highest BCUT2D eigenvalue weighted by molar-refractivity contribution is 6.30. The summed E-state index contributed by atoms with van der Waals surface area (Å²) in [5.74, 6) is -0.124. The zero-order valence-electron chi connectivity index (χ0n) is 10.9. The zero-order chi connectivity index (χ0) is 13.8. The molecule has 1 N–H and O–H groups in total. The Morgan fingerprint density at radius 1 is 1.37 bits per heavy atom. The van der Waals surface area contributed by atoms with Crippen LogP contribution in [-0.2, 0) is 6.42 Å². The van der Waals surface area contributed by atoms with Crippen molar-refractivity contribution in [1.29, 1.82) is 0 Å². The fourth-order valence-electron chi connectivity index (χ4n) is 1.88. The number of nitrogens with one attached hydrogen (secondary N) is 1. The van der Waals surface area contributed by atoms with E-state index in [1.807, 2.05) is 44.2 Å². The second kappa shape index (κ2) is 5.85.